The molecule has 21 heavy (non-hydrogen) atoms. The predicted octanol–water partition coefficient (Wildman–Crippen LogP) is 3.26. The number of fused-ring (bicyclic) bond motifs is 3. The summed E-state index contributed by atoms with van der Waals surface area (Å²) in [7, 11) is 0. The molecule has 2 saturated carbocycles. The van der Waals surface area contributed by atoms with Crippen LogP contribution in [-0.2, 0) is 11.2 Å². The van der Waals surface area contributed by atoms with Crippen LogP contribution in [0, 0.1) is 17.8 Å². The van der Waals surface area contributed by atoms with Crippen LogP contribution in [0.15, 0.2) is 30.5 Å². The monoisotopic (exact) mass is 282 g/mol. The highest BCUT2D eigenvalue weighted by molar-refractivity contribution is 5.83. The largest absolute Gasteiger partial charge is 0.361 e. The third-order valence-corrected chi connectivity index (χ3v) is 5.44. The van der Waals surface area contributed by atoms with Gasteiger partial charge < -0.3 is 10.3 Å². The second-order valence-electron chi connectivity index (χ2n) is 6.68. The summed E-state index contributed by atoms with van der Waals surface area (Å²) in [5.41, 5.74) is 2.46. The predicted molar refractivity (Wildman–Crippen MR) is 84.0 cm³/mol. The van der Waals surface area contributed by atoms with E-state index in [2.05, 4.69) is 34.7 Å². The van der Waals surface area contributed by atoms with Gasteiger partial charge in [-0.1, -0.05) is 24.6 Å². The van der Waals surface area contributed by atoms with Gasteiger partial charge in [0.25, 0.3) is 0 Å². The van der Waals surface area contributed by atoms with Gasteiger partial charge in [-0.3, -0.25) is 4.79 Å². The minimum atomic E-state index is 0.294. The molecule has 2 fully saturated rings. The van der Waals surface area contributed by atoms with E-state index in [4.69, 9.17) is 0 Å². The van der Waals surface area contributed by atoms with Crippen molar-refractivity contribution >= 4 is 16.8 Å². The maximum Gasteiger partial charge on any atom is 0.223 e. The molecular weight excluding hydrogens is 260 g/mol. The van der Waals surface area contributed by atoms with E-state index in [1.54, 1.807) is 0 Å². The fraction of sp³-hybridized carbons (Fsp3) is 0.500. The Hall–Kier alpha value is -1.77. The molecular formula is C18H22N2O. The number of carbonyl (C=O) groups excluding carboxylic acids is 1. The van der Waals surface area contributed by atoms with Crippen LogP contribution in [0.3, 0.4) is 0 Å². The van der Waals surface area contributed by atoms with E-state index in [0.29, 0.717) is 17.7 Å². The highest BCUT2D eigenvalue weighted by Crippen LogP contribution is 2.48. The molecule has 4 rings (SSSR count). The van der Waals surface area contributed by atoms with Crippen LogP contribution in [0.5, 0.6) is 0 Å². The van der Waals surface area contributed by atoms with Gasteiger partial charge in [0, 0.05) is 29.6 Å². The first-order valence-electron chi connectivity index (χ1n) is 8.14. The van der Waals surface area contributed by atoms with E-state index in [9.17, 15) is 4.79 Å². The summed E-state index contributed by atoms with van der Waals surface area (Å²) >= 11 is 0. The number of hydrogen-bond donors (Lipinski definition) is 2. The second-order valence-corrected chi connectivity index (χ2v) is 6.68. The normalized spacial score (nSPS) is 27.3. The molecule has 2 aliphatic rings. The summed E-state index contributed by atoms with van der Waals surface area (Å²) in [5.74, 6) is 2.09. The van der Waals surface area contributed by atoms with Gasteiger partial charge in [0.2, 0.25) is 5.91 Å². The van der Waals surface area contributed by atoms with Gasteiger partial charge in [0.1, 0.15) is 0 Å². The third kappa shape index (κ3) is 2.35. The van der Waals surface area contributed by atoms with Gasteiger partial charge in [-0.15, -0.1) is 0 Å². The number of carbonyl (C=O) groups is 1. The standard InChI is InChI=1S/C18H22N2O/c21-18(16-10-12-5-6-13(16)9-12)19-8-7-14-11-20-17-4-2-1-3-15(14)17/h1-4,11-13,16,20H,5-10H2,(H,19,21)/t12-,13-,16-/m1/s1. The summed E-state index contributed by atoms with van der Waals surface area (Å²) in [6.07, 6.45) is 8.00. The Balaban J connectivity index is 1.34. The summed E-state index contributed by atoms with van der Waals surface area (Å²) < 4.78 is 0. The fourth-order valence-electron chi connectivity index (χ4n) is 4.36. The number of rotatable bonds is 4. The van der Waals surface area contributed by atoms with Crippen molar-refractivity contribution < 1.29 is 4.79 Å². The minimum absolute atomic E-state index is 0.294. The third-order valence-electron chi connectivity index (χ3n) is 5.44. The summed E-state index contributed by atoms with van der Waals surface area (Å²) in [6, 6.07) is 8.33. The van der Waals surface area contributed by atoms with Crippen molar-refractivity contribution in [3.63, 3.8) is 0 Å². The SMILES string of the molecule is O=C(NCCc1c[nH]c2ccccc12)[C@@H]1C[C@@H]2CC[C@@H]1C2. The van der Waals surface area contributed by atoms with E-state index >= 15 is 0 Å². The average Bonchev–Trinajstić information content (AvgIpc) is 3.22. The van der Waals surface area contributed by atoms with E-state index in [-0.39, 0.29) is 0 Å². The number of para-hydroxylation sites is 1. The smallest absolute Gasteiger partial charge is 0.223 e. The van der Waals surface area contributed by atoms with Gasteiger partial charge in [0.15, 0.2) is 0 Å². The summed E-state index contributed by atoms with van der Waals surface area (Å²) in [4.78, 5) is 15.6. The lowest BCUT2D eigenvalue weighted by Crippen LogP contribution is -2.34. The number of benzene rings is 1. The summed E-state index contributed by atoms with van der Waals surface area (Å²) in [6.45, 7) is 0.745. The van der Waals surface area contributed by atoms with Gasteiger partial charge in [0.05, 0.1) is 0 Å². The molecule has 0 aliphatic heterocycles. The number of amides is 1. The fourth-order valence-corrected chi connectivity index (χ4v) is 4.36. The molecule has 0 spiro atoms. The number of H-pyrrole nitrogens is 1. The minimum Gasteiger partial charge on any atom is -0.361 e. The molecule has 2 N–H and O–H groups in total. The van der Waals surface area contributed by atoms with Crippen molar-refractivity contribution in [2.75, 3.05) is 6.54 Å². The number of nitrogens with one attached hydrogen (secondary N) is 2. The zero-order valence-corrected chi connectivity index (χ0v) is 12.3. The van der Waals surface area contributed by atoms with E-state index in [0.717, 1.165) is 25.3 Å². The molecule has 3 nitrogen and oxygen atoms in total. The Morgan fingerprint density at radius 2 is 2.14 bits per heavy atom. The maximum atomic E-state index is 12.3. The van der Waals surface area contributed by atoms with Gasteiger partial charge in [-0.25, -0.2) is 0 Å². The zero-order valence-electron chi connectivity index (χ0n) is 12.3. The van der Waals surface area contributed by atoms with Crippen LogP contribution >= 0.6 is 0 Å². The van der Waals surface area contributed by atoms with Crippen LogP contribution in [-0.4, -0.2) is 17.4 Å². The van der Waals surface area contributed by atoms with Crippen LogP contribution in [0.25, 0.3) is 10.9 Å². The molecule has 1 aromatic heterocycles. The van der Waals surface area contributed by atoms with E-state index in [1.165, 1.54) is 35.7 Å². The van der Waals surface area contributed by atoms with E-state index < -0.39 is 0 Å². The van der Waals surface area contributed by atoms with Crippen molar-refractivity contribution in [2.24, 2.45) is 17.8 Å². The molecule has 1 aromatic carbocycles. The number of hydrogen-bond acceptors (Lipinski definition) is 1. The highest BCUT2D eigenvalue weighted by atomic mass is 16.1. The Morgan fingerprint density at radius 1 is 1.24 bits per heavy atom. The molecule has 0 radical (unpaired) electrons. The topological polar surface area (TPSA) is 44.9 Å². The number of aromatic amines is 1. The lowest BCUT2D eigenvalue weighted by atomic mass is 9.88. The Morgan fingerprint density at radius 3 is 2.95 bits per heavy atom. The lowest BCUT2D eigenvalue weighted by molar-refractivity contribution is -0.126. The second kappa shape index (κ2) is 5.21. The number of aromatic nitrogens is 1. The molecule has 3 heteroatoms. The van der Waals surface area contributed by atoms with Crippen LogP contribution in [0.1, 0.15) is 31.2 Å². The Labute approximate surface area is 125 Å². The maximum absolute atomic E-state index is 12.3. The van der Waals surface area contributed by atoms with Crippen molar-refractivity contribution in [3.8, 4) is 0 Å². The first-order chi connectivity index (χ1) is 10.3. The zero-order chi connectivity index (χ0) is 14.2. The van der Waals surface area contributed by atoms with Crippen LogP contribution < -0.4 is 5.32 Å². The van der Waals surface area contributed by atoms with Gasteiger partial charge in [-0.2, -0.15) is 0 Å². The van der Waals surface area contributed by atoms with Gasteiger partial charge >= 0.3 is 0 Å². The van der Waals surface area contributed by atoms with E-state index in [1.807, 2.05) is 6.07 Å². The van der Waals surface area contributed by atoms with Crippen molar-refractivity contribution in [1.82, 2.24) is 10.3 Å². The Kier molecular flexibility index (Phi) is 3.21. The first kappa shape index (κ1) is 12.9. The lowest BCUT2D eigenvalue weighted by Gasteiger charge is -2.20. The molecule has 2 aromatic rings. The molecule has 0 saturated heterocycles. The molecule has 0 unspecified atom stereocenters. The molecule has 1 heterocycles. The summed E-state index contributed by atoms with van der Waals surface area (Å²) in [5, 5.41) is 4.43. The molecule has 2 aliphatic carbocycles. The Bertz CT molecular complexity index is 660. The van der Waals surface area contributed by atoms with Crippen LogP contribution in [0.4, 0.5) is 0 Å². The highest BCUT2D eigenvalue weighted by Gasteiger charge is 2.42. The molecule has 110 valence electrons. The van der Waals surface area contributed by atoms with Crippen molar-refractivity contribution in [1.29, 1.82) is 0 Å². The first-order valence-corrected chi connectivity index (χ1v) is 8.14. The average molecular weight is 282 g/mol. The quantitative estimate of drug-likeness (QED) is 0.888. The van der Waals surface area contributed by atoms with Crippen molar-refractivity contribution in [2.45, 2.75) is 32.1 Å². The molecule has 1 amide bonds. The van der Waals surface area contributed by atoms with Crippen molar-refractivity contribution in [3.05, 3.63) is 36.0 Å². The molecule has 3 atom stereocenters. The van der Waals surface area contributed by atoms with Crippen LogP contribution in [0.2, 0.25) is 0 Å². The molecule has 2 bridgehead atoms. The van der Waals surface area contributed by atoms with Gasteiger partial charge in [-0.05, 0) is 49.1 Å².